The normalized spacial score (nSPS) is 13.5. The number of nitrogens with one attached hydrogen (secondary N) is 1. The number of hydrogen-bond acceptors (Lipinski definition) is 4. The SMILES string of the molecule is CSCC(C)CNS(=O)(=O)c1ccccc1CO. The van der Waals surface area contributed by atoms with E-state index >= 15 is 0 Å². The average Bonchev–Trinajstić information content (AvgIpc) is 2.37. The Morgan fingerprint density at radius 3 is 2.67 bits per heavy atom. The van der Waals surface area contributed by atoms with Gasteiger partial charge in [0.25, 0.3) is 0 Å². The van der Waals surface area contributed by atoms with Crippen molar-refractivity contribution in [1.82, 2.24) is 4.72 Å². The van der Waals surface area contributed by atoms with Crippen molar-refractivity contribution < 1.29 is 13.5 Å². The molecule has 0 aliphatic rings. The lowest BCUT2D eigenvalue weighted by Gasteiger charge is -2.13. The molecule has 0 radical (unpaired) electrons. The van der Waals surface area contributed by atoms with Crippen LogP contribution in [0.5, 0.6) is 0 Å². The zero-order valence-corrected chi connectivity index (χ0v) is 12.2. The highest BCUT2D eigenvalue weighted by Crippen LogP contribution is 2.15. The second-order valence-corrected chi connectivity index (χ2v) is 6.82. The first-order valence-electron chi connectivity index (χ1n) is 5.68. The summed E-state index contributed by atoms with van der Waals surface area (Å²) in [5, 5.41) is 9.15. The first-order chi connectivity index (χ1) is 8.51. The van der Waals surface area contributed by atoms with E-state index in [1.165, 1.54) is 6.07 Å². The highest BCUT2D eigenvalue weighted by molar-refractivity contribution is 7.98. The summed E-state index contributed by atoms with van der Waals surface area (Å²) in [7, 11) is -3.54. The van der Waals surface area contributed by atoms with Gasteiger partial charge in [-0.1, -0.05) is 25.1 Å². The van der Waals surface area contributed by atoms with E-state index in [2.05, 4.69) is 4.72 Å². The highest BCUT2D eigenvalue weighted by atomic mass is 32.2. The van der Waals surface area contributed by atoms with Gasteiger partial charge in [-0.05, 0) is 29.6 Å². The molecule has 0 spiro atoms. The van der Waals surface area contributed by atoms with Gasteiger partial charge in [0.1, 0.15) is 0 Å². The molecule has 0 amide bonds. The molecule has 18 heavy (non-hydrogen) atoms. The summed E-state index contributed by atoms with van der Waals surface area (Å²) in [6.45, 7) is 2.12. The van der Waals surface area contributed by atoms with Crippen LogP contribution in [0.15, 0.2) is 29.2 Å². The third kappa shape index (κ3) is 4.28. The molecule has 102 valence electrons. The molecule has 0 aliphatic heterocycles. The molecule has 0 aliphatic carbocycles. The molecule has 4 nitrogen and oxygen atoms in total. The molecule has 1 aromatic carbocycles. The van der Waals surface area contributed by atoms with Crippen LogP contribution in [0.2, 0.25) is 0 Å². The minimum absolute atomic E-state index is 0.156. The quantitative estimate of drug-likeness (QED) is 0.797. The Morgan fingerprint density at radius 2 is 2.06 bits per heavy atom. The molecule has 0 saturated carbocycles. The Labute approximate surface area is 113 Å². The molecule has 1 aromatic rings. The van der Waals surface area contributed by atoms with E-state index in [-0.39, 0.29) is 17.4 Å². The minimum atomic E-state index is -3.54. The second kappa shape index (κ2) is 7.13. The third-order valence-corrected chi connectivity index (χ3v) is 4.93. The van der Waals surface area contributed by atoms with Crippen LogP contribution >= 0.6 is 11.8 Å². The molecule has 0 saturated heterocycles. The maximum absolute atomic E-state index is 12.1. The van der Waals surface area contributed by atoms with Gasteiger partial charge in [-0.25, -0.2) is 13.1 Å². The van der Waals surface area contributed by atoms with Crippen molar-refractivity contribution in [2.75, 3.05) is 18.6 Å². The molecule has 0 bridgehead atoms. The lowest BCUT2D eigenvalue weighted by atomic mass is 10.2. The molecule has 1 atom stereocenters. The number of benzene rings is 1. The first-order valence-corrected chi connectivity index (χ1v) is 8.56. The van der Waals surface area contributed by atoms with E-state index in [9.17, 15) is 8.42 Å². The molecule has 0 fully saturated rings. The predicted octanol–water partition coefficient (Wildman–Crippen LogP) is 1.46. The summed E-state index contributed by atoms with van der Waals surface area (Å²) in [6.07, 6.45) is 1.99. The molecule has 1 unspecified atom stereocenters. The van der Waals surface area contributed by atoms with Crippen LogP contribution in [0.3, 0.4) is 0 Å². The fraction of sp³-hybridized carbons (Fsp3) is 0.500. The zero-order valence-electron chi connectivity index (χ0n) is 10.6. The standard InChI is InChI=1S/C12H19NO3S2/c1-10(9-17-2)7-13-18(15,16)12-6-4-3-5-11(12)8-14/h3-6,10,13-14H,7-9H2,1-2H3. The van der Waals surface area contributed by atoms with Crippen LogP contribution in [-0.4, -0.2) is 32.1 Å². The van der Waals surface area contributed by atoms with Gasteiger partial charge in [0.2, 0.25) is 10.0 Å². The monoisotopic (exact) mass is 289 g/mol. The smallest absolute Gasteiger partial charge is 0.240 e. The molecular weight excluding hydrogens is 270 g/mol. The van der Waals surface area contributed by atoms with E-state index in [0.29, 0.717) is 12.1 Å². The van der Waals surface area contributed by atoms with Gasteiger partial charge in [-0.15, -0.1) is 0 Å². The summed E-state index contributed by atoms with van der Waals surface area (Å²) in [4.78, 5) is 0.156. The first kappa shape index (κ1) is 15.5. The molecule has 1 rings (SSSR count). The Morgan fingerprint density at radius 1 is 1.39 bits per heavy atom. The van der Waals surface area contributed by atoms with Crippen molar-refractivity contribution in [2.45, 2.75) is 18.4 Å². The summed E-state index contributed by atoms with van der Waals surface area (Å²) >= 11 is 1.69. The summed E-state index contributed by atoms with van der Waals surface area (Å²) in [5.41, 5.74) is 0.419. The Hall–Kier alpha value is -0.560. The van der Waals surface area contributed by atoms with Crippen LogP contribution in [0, 0.1) is 5.92 Å². The fourth-order valence-corrected chi connectivity index (χ4v) is 3.65. The minimum Gasteiger partial charge on any atom is -0.392 e. The van der Waals surface area contributed by atoms with E-state index in [1.807, 2.05) is 13.2 Å². The Balaban J connectivity index is 2.80. The van der Waals surface area contributed by atoms with Gasteiger partial charge in [0.05, 0.1) is 11.5 Å². The van der Waals surface area contributed by atoms with Gasteiger partial charge in [-0.2, -0.15) is 11.8 Å². The topological polar surface area (TPSA) is 66.4 Å². The molecule has 0 heterocycles. The van der Waals surface area contributed by atoms with Crippen LogP contribution in [0.1, 0.15) is 12.5 Å². The van der Waals surface area contributed by atoms with E-state index < -0.39 is 10.0 Å². The average molecular weight is 289 g/mol. The molecule has 2 N–H and O–H groups in total. The molecular formula is C12H19NO3S2. The van der Waals surface area contributed by atoms with E-state index in [1.54, 1.807) is 30.0 Å². The number of aliphatic hydroxyl groups is 1. The fourth-order valence-electron chi connectivity index (χ4n) is 1.57. The van der Waals surface area contributed by atoms with Gasteiger partial charge in [0.15, 0.2) is 0 Å². The van der Waals surface area contributed by atoms with Crippen LogP contribution in [-0.2, 0) is 16.6 Å². The van der Waals surface area contributed by atoms with Crippen LogP contribution in [0.25, 0.3) is 0 Å². The lowest BCUT2D eigenvalue weighted by Crippen LogP contribution is -2.30. The van der Waals surface area contributed by atoms with Gasteiger partial charge in [0, 0.05) is 6.54 Å². The van der Waals surface area contributed by atoms with Crippen molar-refractivity contribution >= 4 is 21.8 Å². The lowest BCUT2D eigenvalue weighted by molar-refractivity contribution is 0.278. The van der Waals surface area contributed by atoms with Crippen molar-refractivity contribution in [3.8, 4) is 0 Å². The van der Waals surface area contributed by atoms with Gasteiger partial charge >= 0.3 is 0 Å². The van der Waals surface area contributed by atoms with Crippen molar-refractivity contribution in [3.63, 3.8) is 0 Å². The molecule has 0 aromatic heterocycles. The highest BCUT2D eigenvalue weighted by Gasteiger charge is 2.18. The number of aliphatic hydroxyl groups excluding tert-OH is 1. The maximum atomic E-state index is 12.1. The van der Waals surface area contributed by atoms with E-state index in [4.69, 9.17) is 5.11 Å². The Kier molecular flexibility index (Phi) is 6.14. The maximum Gasteiger partial charge on any atom is 0.240 e. The Bertz CT molecular complexity index is 474. The largest absolute Gasteiger partial charge is 0.392 e. The third-order valence-electron chi connectivity index (χ3n) is 2.51. The zero-order chi connectivity index (χ0) is 13.6. The summed E-state index contributed by atoms with van der Waals surface area (Å²) < 4.78 is 26.8. The molecule has 6 heteroatoms. The number of hydrogen-bond donors (Lipinski definition) is 2. The predicted molar refractivity (Wildman–Crippen MR) is 75.1 cm³/mol. The van der Waals surface area contributed by atoms with Crippen LogP contribution < -0.4 is 4.72 Å². The summed E-state index contributed by atoms with van der Waals surface area (Å²) in [6, 6.07) is 6.48. The summed E-state index contributed by atoms with van der Waals surface area (Å²) in [5.74, 6) is 1.18. The van der Waals surface area contributed by atoms with E-state index in [0.717, 1.165) is 5.75 Å². The second-order valence-electron chi connectivity index (χ2n) is 4.18. The van der Waals surface area contributed by atoms with Crippen molar-refractivity contribution in [3.05, 3.63) is 29.8 Å². The number of sulfonamides is 1. The van der Waals surface area contributed by atoms with Crippen molar-refractivity contribution in [1.29, 1.82) is 0 Å². The van der Waals surface area contributed by atoms with Crippen molar-refractivity contribution in [2.24, 2.45) is 5.92 Å². The number of rotatable bonds is 7. The number of thioether (sulfide) groups is 1. The van der Waals surface area contributed by atoms with Gasteiger partial charge in [-0.3, -0.25) is 0 Å². The van der Waals surface area contributed by atoms with Crippen LogP contribution in [0.4, 0.5) is 0 Å². The van der Waals surface area contributed by atoms with Gasteiger partial charge < -0.3 is 5.11 Å².